The third-order valence-electron chi connectivity index (χ3n) is 4.37. The number of nitrogen functional groups attached to an aromatic ring is 1. The zero-order valence-electron chi connectivity index (χ0n) is 13.9. The lowest BCUT2D eigenvalue weighted by Crippen LogP contribution is -2.64. The van der Waals surface area contributed by atoms with Gasteiger partial charge >= 0.3 is 0 Å². The number of piperazine rings is 1. The minimum atomic E-state index is -0.814. The molecule has 1 aromatic rings. The van der Waals surface area contributed by atoms with Crippen molar-refractivity contribution < 1.29 is 9.59 Å². The van der Waals surface area contributed by atoms with Crippen LogP contribution < -0.4 is 11.1 Å². The minimum Gasteiger partial charge on any atom is -0.390 e. The maximum absolute atomic E-state index is 13.0. The third kappa shape index (κ3) is 2.72. The molecule has 1 saturated heterocycles. The van der Waals surface area contributed by atoms with Crippen molar-refractivity contribution in [1.82, 2.24) is 10.2 Å². The summed E-state index contributed by atoms with van der Waals surface area (Å²) >= 11 is 1.45. The summed E-state index contributed by atoms with van der Waals surface area (Å²) in [5.74, 6) is -0.247. The van der Waals surface area contributed by atoms with Crippen molar-refractivity contribution in [2.24, 2.45) is 0 Å². The van der Waals surface area contributed by atoms with Gasteiger partial charge in [0.2, 0.25) is 5.91 Å². The van der Waals surface area contributed by atoms with E-state index in [9.17, 15) is 9.59 Å². The van der Waals surface area contributed by atoms with Crippen LogP contribution in [0.15, 0.2) is 6.07 Å². The van der Waals surface area contributed by atoms with Crippen LogP contribution in [0.1, 0.15) is 56.3 Å². The normalized spacial score (nSPS) is 22.6. The van der Waals surface area contributed by atoms with E-state index in [-0.39, 0.29) is 17.2 Å². The molecule has 1 atom stereocenters. The SMILES string of the molecule is CCC1(C)C(=O)NCCN1C(=O)c1cc(C(C)(C)C)sc1N. The number of amides is 2. The summed E-state index contributed by atoms with van der Waals surface area (Å²) in [6.07, 6.45) is 0.570. The number of thiophene rings is 1. The van der Waals surface area contributed by atoms with Crippen LogP contribution in [-0.2, 0) is 10.2 Å². The molecule has 6 heteroatoms. The van der Waals surface area contributed by atoms with Gasteiger partial charge in [0.15, 0.2) is 0 Å². The molecule has 0 aromatic carbocycles. The molecule has 122 valence electrons. The van der Waals surface area contributed by atoms with Crippen molar-refractivity contribution in [2.45, 2.75) is 52.0 Å². The van der Waals surface area contributed by atoms with E-state index >= 15 is 0 Å². The molecule has 0 saturated carbocycles. The number of hydrogen-bond donors (Lipinski definition) is 2. The Hall–Kier alpha value is -1.56. The number of carbonyl (C=O) groups is 2. The average molecular weight is 323 g/mol. The van der Waals surface area contributed by atoms with Crippen LogP contribution in [0.3, 0.4) is 0 Å². The highest BCUT2D eigenvalue weighted by Crippen LogP contribution is 2.36. The van der Waals surface area contributed by atoms with Gasteiger partial charge in [-0.1, -0.05) is 27.7 Å². The Labute approximate surface area is 135 Å². The molecule has 2 rings (SSSR count). The number of hydrogen-bond acceptors (Lipinski definition) is 4. The fraction of sp³-hybridized carbons (Fsp3) is 0.625. The van der Waals surface area contributed by atoms with Gasteiger partial charge in [0, 0.05) is 18.0 Å². The van der Waals surface area contributed by atoms with Gasteiger partial charge in [-0.25, -0.2) is 0 Å². The Bertz CT molecular complexity index is 603. The van der Waals surface area contributed by atoms with Crippen molar-refractivity contribution in [2.75, 3.05) is 18.8 Å². The van der Waals surface area contributed by atoms with Gasteiger partial charge in [0.1, 0.15) is 5.54 Å². The summed E-state index contributed by atoms with van der Waals surface area (Å²) in [6.45, 7) is 11.0. The van der Waals surface area contributed by atoms with Gasteiger partial charge in [0.05, 0.1) is 10.6 Å². The fourth-order valence-electron chi connectivity index (χ4n) is 2.61. The summed E-state index contributed by atoms with van der Waals surface area (Å²) < 4.78 is 0. The molecule has 0 bridgehead atoms. The molecular formula is C16H25N3O2S. The standard InChI is InChI=1S/C16H25N3O2S/c1-6-16(5)14(21)18-7-8-19(16)13(20)10-9-11(15(2,3)4)22-12(10)17/h9H,6-8,17H2,1-5H3,(H,18,21). The smallest absolute Gasteiger partial charge is 0.257 e. The lowest BCUT2D eigenvalue weighted by Gasteiger charge is -2.43. The molecule has 2 heterocycles. The molecule has 22 heavy (non-hydrogen) atoms. The Morgan fingerprint density at radius 3 is 2.64 bits per heavy atom. The number of nitrogens with zero attached hydrogens (tertiary/aromatic N) is 1. The van der Waals surface area contributed by atoms with Crippen molar-refractivity contribution >= 4 is 28.2 Å². The molecule has 1 unspecified atom stereocenters. The van der Waals surface area contributed by atoms with Crippen molar-refractivity contribution in [3.05, 3.63) is 16.5 Å². The topological polar surface area (TPSA) is 75.4 Å². The Kier molecular flexibility index (Phi) is 4.26. The predicted octanol–water partition coefficient (Wildman–Crippen LogP) is 2.37. The highest BCUT2D eigenvalue weighted by atomic mass is 32.1. The molecule has 1 aliphatic rings. The van der Waals surface area contributed by atoms with Crippen molar-refractivity contribution in [1.29, 1.82) is 0 Å². The van der Waals surface area contributed by atoms with E-state index in [0.29, 0.717) is 30.1 Å². The second kappa shape index (κ2) is 5.57. The molecule has 2 amide bonds. The first-order valence-electron chi connectivity index (χ1n) is 7.61. The van der Waals surface area contributed by atoms with Gasteiger partial charge in [-0.3, -0.25) is 9.59 Å². The molecular weight excluding hydrogens is 298 g/mol. The number of nitrogens with one attached hydrogen (secondary N) is 1. The Balaban J connectivity index is 2.39. The van der Waals surface area contributed by atoms with Crippen LogP contribution in [0.25, 0.3) is 0 Å². The van der Waals surface area contributed by atoms with E-state index in [0.717, 1.165) is 4.88 Å². The summed E-state index contributed by atoms with van der Waals surface area (Å²) in [5, 5.41) is 3.37. The Morgan fingerprint density at radius 1 is 1.50 bits per heavy atom. The number of rotatable bonds is 2. The molecule has 5 nitrogen and oxygen atoms in total. The van der Waals surface area contributed by atoms with E-state index < -0.39 is 5.54 Å². The lowest BCUT2D eigenvalue weighted by atomic mass is 9.91. The Morgan fingerprint density at radius 2 is 2.14 bits per heavy atom. The van der Waals surface area contributed by atoms with Gasteiger partial charge < -0.3 is 16.0 Å². The van der Waals surface area contributed by atoms with E-state index in [1.165, 1.54) is 11.3 Å². The van der Waals surface area contributed by atoms with E-state index in [1.807, 2.05) is 19.9 Å². The van der Waals surface area contributed by atoms with Crippen molar-refractivity contribution in [3.63, 3.8) is 0 Å². The van der Waals surface area contributed by atoms with Crippen LogP contribution in [0, 0.1) is 0 Å². The maximum atomic E-state index is 13.0. The van der Waals surface area contributed by atoms with Gasteiger partial charge in [-0.05, 0) is 24.8 Å². The molecule has 1 aliphatic heterocycles. The molecule has 3 N–H and O–H groups in total. The second-order valence-electron chi connectivity index (χ2n) is 6.98. The molecule has 1 aromatic heterocycles. The minimum absolute atomic E-state index is 0.0509. The van der Waals surface area contributed by atoms with Crippen LogP contribution in [0.2, 0.25) is 0 Å². The predicted molar refractivity (Wildman–Crippen MR) is 90.2 cm³/mol. The molecule has 0 aliphatic carbocycles. The van der Waals surface area contributed by atoms with Crippen molar-refractivity contribution in [3.8, 4) is 0 Å². The zero-order chi connectivity index (χ0) is 16.7. The quantitative estimate of drug-likeness (QED) is 0.877. The summed E-state index contributed by atoms with van der Waals surface area (Å²) in [6, 6.07) is 1.88. The average Bonchev–Trinajstić information content (AvgIpc) is 2.83. The first kappa shape index (κ1) is 16.8. The number of nitrogens with two attached hydrogens (primary N) is 1. The summed E-state index contributed by atoms with van der Waals surface area (Å²) in [5.41, 5.74) is 5.73. The summed E-state index contributed by atoms with van der Waals surface area (Å²) in [4.78, 5) is 27.9. The first-order valence-corrected chi connectivity index (χ1v) is 8.43. The third-order valence-corrected chi connectivity index (χ3v) is 5.76. The largest absolute Gasteiger partial charge is 0.390 e. The fourth-order valence-corrected chi connectivity index (χ4v) is 3.58. The lowest BCUT2D eigenvalue weighted by molar-refractivity contribution is -0.134. The summed E-state index contributed by atoms with van der Waals surface area (Å²) in [7, 11) is 0. The molecule has 0 radical (unpaired) electrons. The monoisotopic (exact) mass is 323 g/mol. The first-order chi connectivity index (χ1) is 10.1. The van der Waals surface area contributed by atoms with E-state index in [2.05, 4.69) is 26.1 Å². The van der Waals surface area contributed by atoms with Gasteiger partial charge in [-0.2, -0.15) is 0 Å². The zero-order valence-corrected chi connectivity index (χ0v) is 14.8. The van der Waals surface area contributed by atoms with Crippen LogP contribution in [-0.4, -0.2) is 35.3 Å². The highest BCUT2D eigenvalue weighted by molar-refractivity contribution is 7.16. The highest BCUT2D eigenvalue weighted by Gasteiger charge is 2.44. The van der Waals surface area contributed by atoms with E-state index in [4.69, 9.17) is 5.73 Å². The van der Waals surface area contributed by atoms with Crippen LogP contribution >= 0.6 is 11.3 Å². The van der Waals surface area contributed by atoms with Crippen LogP contribution in [0.4, 0.5) is 5.00 Å². The van der Waals surface area contributed by atoms with Crippen LogP contribution in [0.5, 0.6) is 0 Å². The van der Waals surface area contributed by atoms with E-state index in [1.54, 1.807) is 4.90 Å². The second-order valence-corrected chi connectivity index (χ2v) is 8.06. The molecule has 1 fully saturated rings. The molecule has 0 spiro atoms. The van der Waals surface area contributed by atoms with Gasteiger partial charge in [-0.15, -0.1) is 11.3 Å². The number of carbonyl (C=O) groups excluding carboxylic acids is 2. The van der Waals surface area contributed by atoms with Gasteiger partial charge in [0.25, 0.3) is 5.91 Å². The number of anilines is 1. The maximum Gasteiger partial charge on any atom is 0.257 e.